The molecular weight excluding hydrogens is 266 g/mol. The fourth-order valence-electron chi connectivity index (χ4n) is 2.16. The summed E-state index contributed by atoms with van der Waals surface area (Å²) in [6.45, 7) is 3.93. The van der Waals surface area contributed by atoms with Crippen molar-refractivity contribution in [1.82, 2.24) is 5.32 Å². The van der Waals surface area contributed by atoms with Crippen molar-refractivity contribution in [3.8, 4) is 0 Å². The molecule has 0 saturated heterocycles. The van der Waals surface area contributed by atoms with Crippen molar-refractivity contribution in [2.45, 2.75) is 32.2 Å². The first-order chi connectivity index (χ1) is 10.2. The minimum absolute atomic E-state index is 0.0541. The van der Waals surface area contributed by atoms with E-state index in [0.717, 1.165) is 24.1 Å². The van der Waals surface area contributed by atoms with Gasteiger partial charge in [0.05, 0.1) is 13.0 Å². The Bertz CT molecular complexity index is 406. The second-order valence-electron chi connectivity index (χ2n) is 5.05. The average Bonchev–Trinajstić information content (AvgIpc) is 2.47. The summed E-state index contributed by atoms with van der Waals surface area (Å²) in [7, 11) is 1.70. The third kappa shape index (κ3) is 7.11. The molecule has 0 aliphatic carbocycles. The average molecular weight is 293 g/mol. The number of hydrogen-bond acceptors (Lipinski definition) is 4. The summed E-state index contributed by atoms with van der Waals surface area (Å²) in [6.07, 6.45) is 2.37. The Morgan fingerprint density at radius 1 is 1.33 bits per heavy atom. The first-order valence-corrected chi connectivity index (χ1v) is 7.50. The van der Waals surface area contributed by atoms with Crippen LogP contribution >= 0.6 is 0 Å². The maximum Gasteiger partial charge on any atom is 0.224 e. The molecule has 21 heavy (non-hydrogen) atoms. The van der Waals surface area contributed by atoms with Crippen LogP contribution in [0.4, 0.5) is 5.69 Å². The number of hydrogen-bond donors (Lipinski definition) is 3. The van der Waals surface area contributed by atoms with Crippen molar-refractivity contribution in [2.24, 2.45) is 5.73 Å². The SMILES string of the molecule is CCNC(=O)Cc1ccc(NC(CCCN)COC)cc1. The quantitative estimate of drug-likeness (QED) is 0.611. The van der Waals surface area contributed by atoms with Crippen LogP contribution in [0.25, 0.3) is 0 Å². The number of nitrogens with two attached hydrogens (primary N) is 1. The van der Waals surface area contributed by atoms with Gasteiger partial charge in [0.25, 0.3) is 0 Å². The molecule has 4 N–H and O–H groups in total. The van der Waals surface area contributed by atoms with Gasteiger partial charge in [-0.25, -0.2) is 0 Å². The standard InChI is InChI=1S/C16H27N3O2/c1-3-18-16(20)11-13-6-8-14(9-7-13)19-15(12-21-2)5-4-10-17/h6-9,15,19H,3-5,10-12,17H2,1-2H3,(H,18,20). The topological polar surface area (TPSA) is 76.4 Å². The molecule has 1 aromatic rings. The smallest absolute Gasteiger partial charge is 0.224 e. The van der Waals surface area contributed by atoms with Gasteiger partial charge in [0.1, 0.15) is 0 Å². The predicted molar refractivity (Wildman–Crippen MR) is 86.4 cm³/mol. The Kier molecular flexibility index (Phi) is 8.47. The molecule has 1 aromatic carbocycles. The Balaban J connectivity index is 2.53. The summed E-state index contributed by atoms with van der Waals surface area (Å²) in [5.74, 6) is 0.0541. The van der Waals surface area contributed by atoms with Gasteiger partial charge >= 0.3 is 0 Å². The first-order valence-electron chi connectivity index (χ1n) is 7.50. The highest BCUT2D eigenvalue weighted by Gasteiger charge is 2.08. The third-order valence-corrected chi connectivity index (χ3v) is 3.19. The molecule has 1 unspecified atom stereocenters. The summed E-state index contributed by atoms with van der Waals surface area (Å²) in [6, 6.07) is 8.21. The van der Waals surface area contributed by atoms with Crippen molar-refractivity contribution in [3.63, 3.8) is 0 Å². The Morgan fingerprint density at radius 2 is 2.05 bits per heavy atom. The number of carbonyl (C=O) groups excluding carboxylic acids is 1. The second-order valence-corrected chi connectivity index (χ2v) is 5.05. The number of rotatable bonds is 10. The Labute approximate surface area is 127 Å². The number of ether oxygens (including phenoxy) is 1. The van der Waals surface area contributed by atoms with E-state index in [1.807, 2.05) is 31.2 Å². The number of methoxy groups -OCH3 is 1. The van der Waals surface area contributed by atoms with E-state index in [4.69, 9.17) is 10.5 Å². The number of amides is 1. The van der Waals surface area contributed by atoms with Crippen LogP contribution in [0.5, 0.6) is 0 Å². The minimum atomic E-state index is 0.0541. The number of benzene rings is 1. The zero-order valence-electron chi connectivity index (χ0n) is 13.0. The van der Waals surface area contributed by atoms with Gasteiger partial charge in [-0.05, 0) is 44.0 Å². The van der Waals surface area contributed by atoms with Crippen LogP contribution in [-0.4, -0.2) is 38.8 Å². The summed E-state index contributed by atoms with van der Waals surface area (Å²) >= 11 is 0. The Hall–Kier alpha value is -1.59. The normalized spacial score (nSPS) is 12.0. The van der Waals surface area contributed by atoms with Gasteiger partial charge in [0.2, 0.25) is 5.91 Å². The highest BCUT2D eigenvalue weighted by atomic mass is 16.5. The van der Waals surface area contributed by atoms with E-state index < -0.39 is 0 Å². The molecule has 1 atom stereocenters. The monoisotopic (exact) mass is 293 g/mol. The second kappa shape index (κ2) is 10.2. The van der Waals surface area contributed by atoms with Gasteiger partial charge in [-0.15, -0.1) is 0 Å². The van der Waals surface area contributed by atoms with E-state index in [0.29, 0.717) is 26.1 Å². The van der Waals surface area contributed by atoms with E-state index in [1.54, 1.807) is 7.11 Å². The van der Waals surface area contributed by atoms with E-state index >= 15 is 0 Å². The lowest BCUT2D eigenvalue weighted by Gasteiger charge is -2.19. The Morgan fingerprint density at radius 3 is 2.62 bits per heavy atom. The molecule has 0 radical (unpaired) electrons. The van der Waals surface area contributed by atoms with Crippen LogP contribution in [0.2, 0.25) is 0 Å². The molecule has 118 valence electrons. The van der Waals surface area contributed by atoms with Gasteiger partial charge in [-0.3, -0.25) is 4.79 Å². The summed E-state index contributed by atoms with van der Waals surface area (Å²) in [5.41, 5.74) is 7.60. The van der Waals surface area contributed by atoms with E-state index in [-0.39, 0.29) is 11.9 Å². The number of likely N-dealkylation sites (N-methyl/N-ethyl adjacent to an activating group) is 1. The van der Waals surface area contributed by atoms with Crippen molar-refractivity contribution in [2.75, 3.05) is 32.1 Å². The number of nitrogens with one attached hydrogen (secondary N) is 2. The van der Waals surface area contributed by atoms with Crippen LogP contribution < -0.4 is 16.4 Å². The molecule has 1 amide bonds. The van der Waals surface area contributed by atoms with Gasteiger partial charge in [-0.2, -0.15) is 0 Å². The molecule has 0 spiro atoms. The fraction of sp³-hybridized carbons (Fsp3) is 0.562. The number of carbonyl (C=O) groups is 1. The van der Waals surface area contributed by atoms with Crippen molar-refractivity contribution in [3.05, 3.63) is 29.8 Å². The molecule has 0 aromatic heterocycles. The predicted octanol–water partition coefficient (Wildman–Crippen LogP) is 1.53. The molecule has 0 saturated carbocycles. The number of anilines is 1. The van der Waals surface area contributed by atoms with Crippen molar-refractivity contribution < 1.29 is 9.53 Å². The minimum Gasteiger partial charge on any atom is -0.383 e. The molecule has 0 aliphatic heterocycles. The molecular formula is C16H27N3O2. The van der Waals surface area contributed by atoms with Crippen molar-refractivity contribution in [1.29, 1.82) is 0 Å². The molecule has 0 fully saturated rings. The fourth-order valence-corrected chi connectivity index (χ4v) is 2.16. The molecule has 5 heteroatoms. The van der Waals surface area contributed by atoms with E-state index in [9.17, 15) is 4.79 Å². The van der Waals surface area contributed by atoms with Crippen LogP contribution in [0.1, 0.15) is 25.3 Å². The van der Waals surface area contributed by atoms with E-state index in [2.05, 4.69) is 10.6 Å². The lowest BCUT2D eigenvalue weighted by atomic mass is 10.1. The van der Waals surface area contributed by atoms with Crippen molar-refractivity contribution >= 4 is 11.6 Å². The largest absolute Gasteiger partial charge is 0.383 e. The lowest BCUT2D eigenvalue weighted by molar-refractivity contribution is -0.120. The zero-order valence-corrected chi connectivity index (χ0v) is 13.0. The van der Waals surface area contributed by atoms with Crippen LogP contribution in [0.3, 0.4) is 0 Å². The summed E-state index contributed by atoms with van der Waals surface area (Å²) in [4.78, 5) is 11.5. The van der Waals surface area contributed by atoms with Gasteiger partial charge in [0, 0.05) is 25.4 Å². The lowest BCUT2D eigenvalue weighted by Crippen LogP contribution is -2.26. The maximum absolute atomic E-state index is 11.5. The zero-order chi connectivity index (χ0) is 15.5. The van der Waals surface area contributed by atoms with E-state index in [1.165, 1.54) is 0 Å². The van der Waals surface area contributed by atoms with Crippen LogP contribution in [-0.2, 0) is 16.0 Å². The van der Waals surface area contributed by atoms with Gasteiger partial charge in [0.15, 0.2) is 0 Å². The highest BCUT2D eigenvalue weighted by Crippen LogP contribution is 2.13. The summed E-state index contributed by atoms with van der Waals surface area (Å²) < 4.78 is 5.22. The van der Waals surface area contributed by atoms with Crippen LogP contribution in [0.15, 0.2) is 24.3 Å². The first kappa shape index (κ1) is 17.5. The summed E-state index contributed by atoms with van der Waals surface area (Å²) in [5, 5.41) is 6.24. The maximum atomic E-state index is 11.5. The highest BCUT2D eigenvalue weighted by molar-refractivity contribution is 5.78. The molecule has 1 rings (SSSR count). The molecule has 0 aliphatic rings. The third-order valence-electron chi connectivity index (χ3n) is 3.19. The molecule has 0 heterocycles. The van der Waals surface area contributed by atoms with Gasteiger partial charge in [-0.1, -0.05) is 12.1 Å². The van der Waals surface area contributed by atoms with Gasteiger partial charge < -0.3 is 21.1 Å². The molecule has 5 nitrogen and oxygen atoms in total. The molecule has 0 bridgehead atoms. The van der Waals surface area contributed by atoms with Crippen LogP contribution in [0, 0.1) is 0 Å².